The summed E-state index contributed by atoms with van der Waals surface area (Å²) in [6.45, 7) is 5.82. The highest BCUT2D eigenvalue weighted by molar-refractivity contribution is 5.76. The first-order valence-electron chi connectivity index (χ1n) is 7.15. The van der Waals surface area contributed by atoms with Gasteiger partial charge < -0.3 is 10.6 Å². The summed E-state index contributed by atoms with van der Waals surface area (Å²) in [6, 6.07) is 8.50. The summed E-state index contributed by atoms with van der Waals surface area (Å²) >= 11 is 0. The minimum absolute atomic E-state index is 0.136. The lowest BCUT2D eigenvalue weighted by Gasteiger charge is -2.35. The standard InChI is InChI=1S/C16H24N2O/c1-12-4-3-5-14(10-12)6-7-16(19)18-9-8-13(2)15(17)11-18/h3-5,10,13,15H,6-9,11,17H2,1-2H3. The van der Waals surface area contributed by atoms with Crippen molar-refractivity contribution in [3.63, 3.8) is 0 Å². The van der Waals surface area contributed by atoms with E-state index in [9.17, 15) is 4.79 Å². The molecule has 1 heterocycles. The van der Waals surface area contributed by atoms with Gasteiger partial charge in [-0.3, -0.25) is 4.79 Å². The molecule has 1 aliphatic rings. The molecule has 0 aromatic heterocycles. The number of likely N-dealkylation sites (tertiary alicyclic amines) is 1. The Balaban J connectivity index is 1.84. The maximum atomic E-state index is 12.2. The number of carbonyl (C=O) groups excluding carboxylic acids is 1. The van der Waals surface area contributed by atoms with Gasteiger partial charge in [0.1, 0.15) is 0 Å². The van der Waals surface area contributed by atoms with E-state index in [1.165, 1.54) is 11.1 Å². The fourth-order valence-corrected chi connectivity index (χ4v) is 2.60. The fraction of sp³-hybridized carbons (Fsp3) is 0.562. The van der Waals surface area contributed by atoms with E-state index in [1.807, 2.05) is 11.0 Å². The molecule has 3 heteroatoms. The smallest absolute Gasteiger partial charge is 0.222 e. The molecule has 2 rings (SSSR count). The number of hydrogen-bond acceptors (Lipinski definition) is 2. The summed E-state index contributed by atoms with van der Waals surface area (Å²) in [5, 5.41) is 0. The molecular weight excluding hydrogens is 236 g/mol. The van der Waals surface area contributed by atoms with Gasteiger partial charge in [-0.15, -0.1) is 0 Å². The normalized spacial score (nSPS) is 23.4. The third-order valence-electron chi connectivity index (χ3n) is 4.08. The molecule has 0 aliphatic carbocycles. The lowest BCUT2D eigenvalue weighted by molar-refractivity contribution is -0.132. The van der Waals surface area contributed by atoms with E-state index >= 15 is 0 Å². The quantitative estimate of drug-likeness (QED) is 0.905. The third kappa shape index (κ3) is 3.80. The molecule has 104 valence electrons. The second-order valence-corrected chi connectivity index (χ2v) is 5.76. The predicted octanol–water partition coefficient (Wildman–Crippen LogP) is 2.12. The van der Waals surface area contributed by atoms with Crippen molar-refractivity contribution in [1.82, 2.24) is 4.90 Å². The number of amides is 1. The molecule has 0 saturated carbocycles. The topological polar surface area (TPSA) is 46.3 Å². The van der Waals surface area contributed by atoms with Crippen molar-refractivity contribution < 1.29 is 4.79 Å². The number of benzene rings is 1. The molecule has 1 aromatic carbocycles. The molecule has 0 bridgehead atoms. The molecule has 2 atom stereocenters. The molecular formula is C16H24N2O. The summed E-state index contributed by atoms with van der Waals surface area (Å²) in [4.78, 5) is 14.1. The van der Waals surface area contributed by atoms with Crippen LogP contribution in [0.3, 0.4) is 0 Å². The first kappa shape index (κ1) is 14.1. The Morgan fingerprint density at radius 3 is 2.95 bits per heavy atom. The zero-order valence-corrected chi connectivity index (χ0v) is 11.9. The van der Waals surface area contributed by atoms with Gasteiger partial charge in [0.05, 0.1) is 0 Å². The summed E-state index contributed by atoms with van der Waals surface area (Å²) in [5.74, 6) is 0.768. The highest BCUT2D eigenvalue weighted by atomic mass is 16.2. The van der Waals surface area contributed by atoms with Crippen molar-refractivity contribution in [2.24, 2.45) is 11.7 Å². The van der Waals surface area contributed by atoms with Crippen LogP contribution in [0.4, 0.5) is 0 Å². The summed E-state index contributed by atoms with van der Waals surface area (Å²) in [7, 11) is 0. The van der Waals surface area contributed by atoms with Crippen LogP contribution in [0.25, 0.3) is 0 Å². The largest absolute Gasteiger partial charge is 0.341 e. The van der Waals surface area contributed by atoms with Crippen LogP contribution >= 0.6 is 0 Å². The van der Waals surface area contributed by atoms with Gasteiger partial charge in [-0.05, 0) is 31.2 Å². The molecule has 1 aromatic rings. The maximum absolute atomic E-state index is 12.2. The molecule has 19 heavy (non-hydrogen) atoms. The second-order valence-electron chi connectivity index (χ2n) is 5.76. The second kappa shape index (κ2) is 6.20. The van der Waals surface area contributed by atoms with E-state index in [0.29, 0.717) is 18.9 Å². The molecule has 0 radical (unpaired) electrons. The zero-order valence-electron chi connectivity index (χ0n) is 11.9. The van der Waals surface area contributed by atoms with E-state index in [-0.39, 0.29) is 11.9 Å². The molecule has 3 nitrogen and oxygen atoms in total. The first-order chi connectivity index (χ1) is 9.06. The Morgan fingerprint density at radius 2 is 2.26 bits per heavy atom. The van der Waals surface area contributed by atoms with E-state index in [4.69, 9.17) is 5.73 Å². The number of carbonyl (C=O) groups is 1. The predicted molar refractivity (Wildman–Crippen MR) is 77.8 cm³/mol. The Labute approximate surface area is 115 Å². The van der Waals surface area contributed by atoms with Crippen LogP contribution < -0.4 is 5.73 Å². The average molecular weight is 260 g/mol. The number of piperidine rings is 1. The van der Waals surface area contributed by atoms with Gasteiger partial charge in [-0.1, -0.05) is 36.8 Å². The number of hydrogen-bond donors (Lipinski definition) is 1. The van der Waals surface area contributed by atoms with Gasteiger partial charge in [-0.25, -0.2) is 0 Å². The molecule has 1 saturated heterocycles. The SMILES string of the molecule is Cc1cccc(CCC(=O)N2CCC(C)C(N)C2)c1. The molecule has 0 spiro atoms. The summed E-state index contributed by atoms with van der Waals surface area (Å²) in [5.41, 5.74) is 8.53. The Hall–Kier alpha value is -1.35. The average Bonchev–Trinajstić information content (AvgIpc) is 2.39. The van der Waals surface area contributed by atoms with Crippen LogP contribution in [0, 0.1) is 12.8 Å². The van der Waals surface area contributed by atoms with Crippen LogP contribution in [0.15, 0.2) is 24.3 Å². The molecule has 2 unspecified atom stereocenters. The van der Waals surface area contributed by atoms with Crippen molar-refractivity contribution in [2.75, 3.05) is 13.1 Å². The van der Waals surface area contributed by atoms with Crippen molar-refractivity contribution in [2.45, 2.75) is 39.2 Å². The van der Waals surface area contributed by atoms with Crippen LogP contribution in [-0.2, 0) is 11.2 Å². The number of nitrogens with two attached hydrogens (primary N) is 1. The molecule has 1 amide bonds. The van der Waals surface area contributed by atoms with E-state index in [2.05, 4.69) is 32.0 Å². The number of aryl methyl sites for hydroxylation is 2. The third-order valence-corrected chi connectivity index (χ3v) is 4.08. The van der Waals surface area contributed by atoms with Crippen LogP contribution in [-0.4, -0.2) is 29.9 Å². The maximum Gasteiger partial charge on any atom is 0.222 e. The molecule has 2 N–H and O–H groups in total. The molecule has 1 aliphatic heterocycles. The van der Waals surface area contributed by atoms with E-state index < -0.39 is 0 Å². The Morgan fingerprint density at radius 1 is 1.47 bits per heavy atom. The van der Waals surface area contributed by atoms with Crippen molar-refractivity contribution in [1.29, 1.82) is 0 Å². The van der Waals surface area contributed by atoms with Crippen LogP contribution in [0.5, 0.6) is 0 Å². The van der Waals surface area contributed by atoms with Gasteiger partial charge in [0, 0.05) is 25.6 Å². The van der Waals surface area contributed by atoms with Crippen LogP contribution in [0.1, 0.15) is 30.9 Å². The monoisotopic (exact) mass is 260 g/mol. The van der Waals surface area contributed by atoms with Gasteiger partial charge in [0.25, 0.3) is 0 Å². The van der Waals surface area contributed by atoms with Crippen molar-refractivity contribution in [3.05, 3.63) is 35.4 Å². The number of rotatable bonds is 3. The minimum atomic E-state index is 0.136. The molecule has 1 fully saturated rings. The van der Waals surface area contributed by atoms with Crippen molar-refractivity contribution >= 4 is 5.91 Å². The summed E-state index contributed by atoms with van der Waals surface area (Å²) in [6.07, 6.45) is 2.43. The van der Waals surface area contributed by atoms with Gasteiger partial charge >= 0.3 is 0 Å². The fourth-order valence-electron chi connectivity index (χ4n) is 2.60. The minimum Gasteiger partial charge on any atom is -0.341 e. The highest BCUT2D eigenvalue weighted by Gasteiger charge is 2.25. The Kier molecular flexibility index (Phi) is 4.59. The lowest BCUT2D eigenvalue weighted by atomic mass is 9.94. The van der Waals surface area contributed by atoms with Gasteiger partial charge in [-0.2, -0.15) is 0 Å². The van der Waals surface area contributed by atoms with Gasteiger partial charge in [0.15, 0.2) is 0 Å². The van der Waals surface area contributed by atoms with Crippen LogP contribution in [0.2, 0.25) is 0 Å². The highest BCUT2D eigenvalue weighted by Crippen LogP contribution is 2.17. The number of nitrogens with zero attached hydrogens (tertiary/aromatic N) is 1. The van der Waals surface area contributed by atoms with Gasteiger partial charge in [0.2, 0.25) is 5.91 Å². The van der Waals surface area contributed by atoms with E-state index in [0.717, 1.165) is 19.4 Å². The first-order valence-corrected chi connectivity index (χ1v) is 7.15. The summed E-state index contributed by atoms with van der Waals surface area (Å²) < 4.78 is 0. The van der Waals surface area contributed by atoms with E-state index in [1.54, 1.807) is 0 Å². The lowest BCUT2D eigenvalue weighted by Crippen LogP contribution is -2.49. The zero-order chi connectivity index (χ0) is 13.8. The Bertz CT molecular complexity index is 444. The van der Waals surface area contributed by atoms with Crippen molar-refractivity contribution in [3.8, 4) is 0 Å².